The number of cyclic esters (lactones) is 2. The molecule has 2 aromatic rings. The van der Waals surface area contributed by atoms with Gasteiger partial charge in [-0.2, -0.15) is 0 Å². The molecule has 0 saturated carbocycles. The van der Waals surface area contributed by atoms with Crippen LogP contribution in [0.1, 0.15) is 41.4 Å². The Morgan fingerprint density at radius 3 is 2.00 bits per heavy atom. The van der Waals surface area contributed by atoms with Gasteiger partial charge in [-0.25, -0.2) is 19.2 Å². The summed E-state index contributed by atoms with van der Waals surface area (Å²) in [5, 5.41) is 10.4. The Kier molecular flexibility index (Phi) is 2.45. The second-order valence-corrected chi connectivity index (χ2v) is 5.00. The standard InChI is InChI=1S/C16H6O7/c17-12-7-3-4-9-11(12)16(21)23-15(20)10-5-6(7)1-2-8(10)13(18)22-14(9)19/h1-5,17H. The number of rotatable bonds is 0. The van der Waals surface area contributed by atoms with Gasteiger partial charge in [-0.3, -0.25) is 0 Å². The van der Waals surface area contributed by atoms with Crippen LogP contribution in [0.15, 0.2) is 30.3 Å². The monoisotopic (exact) mass is 310 g/mol. The van der Waals surface area contributed by atoms with Crippen molar-refractivity contribution in [2.45, 2.75) is 0 Å². The van der Waals surface area contributed by atoms with Crippen molar-refractivity contribution in [3.8, 4) is 16.9 Å². The maximum absolute atomic E-state index is 12.2. The lowest BCUT2D eigenvalue weighted by Gasteiger charge is -2.12. The van der Waals surface area contributed by atoms with E-state index in [0.717, 1.165) is 0 Å². The predicted octanol–water partition coefficient (Wildman–Crippen LogP) is 1.68. The van der Waals surface area contributed by atoms with E-state index in [1.165, 1.54) is 30.3 Å². The van der Waals surface area contributed by atoms with Gasteiger partial charge in [0.1, 0.15) is 11.3 Å². The van der Waals surface area contributed by atoms with Crippen LogP contribution >= 0.6 is 0 Å². The van der Waals surface area contributed by atoms with Gasteiger partial charge >= 0.3 is 23.9 Å². The number of benzene rings is 2. The largest absolute Gasteiger partial charge is 0.506 e. The van der Waals surface area contributed by atoms with E-state index in [-0.39, 0.29) is 22.3 Å². The smallest absolute Gasteiger partial charge is 0.350 e. The summed E-state index contributed by atoms with van der Waals surface area (Å²) in [4.78, 5) is 48.5. The highest BCUT2D eigenvalue weighted by Gasteiger charge is 2.34. The van der Waals surface area contributed by atoms with Crippen molar-refractivity contribution in [3.05, 3.63) is 52.6 Å². The van der Waals surface area contributed by atoms with Gasteiger partial charge in [-0.15, -0.1) is 0 Å². The summed E-state index contributed by atoms with van der Waals surface area (Å²) in [5.41, 5.74) is -0.680. The highest BCUT2D eigenvalue weighted by Crippen LogP contribution is 2.38. The molecule has 23 heavy (non-hydrogen) atoms. The van der Waals surface area contributed by atoms with Gasteiger partial charge in [0.2, 0.25) is 0 Å². The van der Waals surface area contributed by atoms with Crippen molar-refractivity contribution in [2.75, 3.05) is 0 Å². The van der Waals surface area contributed by atoms with Gasteiger partial charge in [-0.05, 0) is 29.8 Å². The Bertz CT molecular complexity index is 955. The zero-order chi connectivity index (χ0) is 16.3. The summed E-state index contributed by atoms with van der Waals surface area (Å²) in [6, 6.07) is 6.67. The molecule has 0 aromatic heterocycles. The molecule has 2 aliphatic heterocycles. The van der Waals surface area contributed by atoms with Crippen molar-refractivity contribution >= 4 is 23.9 Å². The van der Waals surface area contributed by atoms with E-state index in [1.807, 2.05) is 0 Å². The summed E-state index contributed by atoms with van der Waals surface area (Å²) < 4.78 is 9.39. The molecule has 0 radical (unpaired) electrons. The average molecular weight is 310 g/mol. The molecule has 2 aromatic carbocycles. The Morgan fingerprint density at radius 1 is 0.652 bits per heavy atom. The van der Waals surface area contributed by atoms with Crippen molar-refractivity contribution in [1.29, 1.82) is 0 Å². The fourth-order valence-electron chi connectivity index (χ4n) is 2.64. The predicted molar refractivity (Wildman–Crippen MR) is 73.0 cm³/mol. The first-order chi connectivity index (χ1) is 11.0. The molecule has 0 unspecified atom stereocenters. The van der Waals surface area contributed by atoms with Crippen LogP contribution in [0.3, 0.4) is 0 Å². The lowest BCUT2D eigenvalue weighted by molar-refractivity contribution is 0.0332. The molecule has 0 spiro atoms. The molecular formula is C16H6O7. The van der Waals surface area contributed by atoms with Gasteiger partial charge in [0.25, 0.3) is 0 Å². The third-order valence-corrected chi connectivity index (χ3v) is 3.74. The van der Waals surface area contributed by atoms with Gasteiger partial charge < -0.3 is 14.6 Å². The summed E-state index contributed by atoms with van der Waals surface area (Å²) in [6.45, 7) is 0. The minimum absolute atomic E-state index is 0.203. The van der Waals surface area contributed by atoms with E-state index in [4.69, 9.17) is 4.74 Å². The number of phenolic OH excluding ortho intramolecular Hbond substituents is 1. The fourth-order valence-corrected chi connectivity index (χ4v) is 2.64. The van der Waals surface area contributed by atoms with Crippen molar-refractivity contribution in [3.63, 3.8) is 0 Å². The van der Waals surface area contributed by atoms with E-state index in [9.17, 15) is 24.3 Å². The van der Waals surface area contributed by atoms with Crippen LogP contribution in [0, 0.1) is 0 Å². The lowest BCUT2D eigenvalue weighted by Crippen LogP contribution is -2.23. The number of hydrogen-bond donors (Lipinski definition) is 1. The molecule has 0 aliphatic carbocycles. The third kappa shape index (κ3) is 1.70. The summed E-state index contributed by atoms with van der Waals surface area (Å²) in [7, 11) is 0. The van der Waals surface area contributed by atoms with Crippen LogP contribution in [0.5, 0.6) is 5.75 Å². The molecule has 4 rings (SSSR count). The zero-order valence-corrected chi connectivity index (χ0v) is 11.3. The van der Waals surface area contributed by atoms with Crippen molar-refractivity contribution in [2.24, 2.45) is 0 Å². The first kappa shape index (κ1) is 13.2. The van der Waals surface area contributed by atoms with Gasteiger partial charge in [0.15, 0.2) is 0 Å². The third-order valence-electron chi connectivity index (χ3n) is 3.74. The number of carbonyl (C=O) groups is 4. The van der Waals surface area contributed by atoms with E-state index >= 15 is 0 Å². The second-order valence-electron chi connectivity index (χ2n) is 5.00. The van der Waals surface area contributed by atoms with Gasteiger partial charge in [-0.1, -0.05) is 6.07 Å². The Hall–Kier alpha value is -3.48. The first-order valence-electron chi connectivity index (χ1n) is 6.51. The van der Waals surface area contributed by atoms with E-state index in [1.54, 1.807) is 0 Å². The molecular weight excluding hydrogens is 304 g/mol. The van der Waals surface area contributed by atoms with Crippen LogP contribution in [0.2, 0.25) is 0 Å². The number of aromatic hydroxyl groups is 1. The van der Waals surface area contributed by atoms with E-state index in [0.29, 0.717) is 5.56 Å². The number of fused-ring (bicyclic) bond motifs is 5. The molecule has 7 nitrogen and oxygen atoms in total. The fraction of sp³-hybridized carbons (Fsp3) is 0. The molecule has 1 N–H and O–H groups in total. The molecule has 4 bridgehead atoms. The number of ether oxygens (including phenoxy) is 2. The topological polar surface area (TPSA) is 107 Å². The minimum Gasteiger partial charge on any atom is -0.506 e. The van der Waals surface area contributed by atoms with Crippen LogP contribution < -0.4 is 0 Å². The lowest BCUT2D eigenvalue weighted by atomic mass is 9.96. The van der Waals surface area contributed by atoms with E-state index < -0.39 is 35.2 Å². The first-order valence-corrected chi connectivity index (χ1v) is 6.51. The maximum Gasteiger partial charge on any atom is 0.350 e. The number of carbonyl (C=O) groups excluding carboxylic acids is 4. The summed E-state index contributed by atoms with van der Waals surface area (Å²) >= 11 is 0. The summed E-state index contributed by atoms with van der Waals surface area (Å²) in [6.07, 6.45) is 0. The molecule has 0 saturated heterocycles. The Balaban J connectivity index is 2.23. The van der Waals surface area contributed by atoms with Crippen molar-refractivity contribution < 1.29 is 33.8 Å². The van der Waals surface area contributed by atoms with Crippen molar-refractivity contribution in [1.82, 2.24) is 0 Å². The van der Waals surface area contributed by atoms with Gasteiger partial charge in [0.05, 0.1) is 16.7 Å². The Morgan fingerprint density at radius 2 is 1.22 bits per heavy atom. The summed E-state index contributed by atoms with van der Waals surface area (Å²) in [5.74, 6) is -4.94. The Labute approximate surface area is 128 Å². The minimum atomic E-state index is -1.19. The molecule has 2 aliphatic rings. The molecule has 0 atom stereocenters. The SMILES string of the molecule is O=C1OC(=O)c2ccc3c(O)c2C(=O)OC(=O)c2cc-3ccc21. The number of phenols is 1. The number of hydrogen-bond acceptors (Lipinski definition) is 7. The highest BCUT2D eigenvalue weighted by atomic mass is 16.6. The number of esters is 4. The molecule has 0 amide bonds. The van der Waals surface area contributed by atoms with Crippen LogP contribution in [-0.2, 0) is 9.47 Å². The van der Waals surface area contributed by atoms with E-state index in [2.05, 4.69) is 4.74 Å². The molecule has 2 heterocycles. The molecule has 0 fully saturated rings. The molecule has 112 valence electrons. The normalized spacial score (nSPS) is 15.3. The average Bonchev–Trinajstić information content (AvgIpc) is 2.55. The maximum atomic E-state index is 12.2. The van der Waals surface area contributed by atoms with Crippen LogP contribution in [0.25, 0.3) is 11.1 Å². The van der Waals surface area contributed by atoms with Gasteiger partial charge in [0, 0.05) is 5.56 Å². The molecule has 7 heteroatoms. The zero-order valence-electron chi connectivity index (χ0n) is 11.3. The van der Waals surface area contributed by atoms with Crippen LogP contribution in [-0.4, -0.2) is 29.0 Å². The highest BCUT2D eigenvalue weighted by molar-refractivity contribution is 6.17. The second kappa shape index (κ2) is 4.26. The quantitative estimate of drug-likeness (QED) is 0.582. The van der Waals surface area contributed by atoms with Crippen LogP contribution in [0.4, 0.5) is 0 Å².